The van der Waals surface area contributed by atoms with Crippen molar-refractivity contribution in [2.24, 2.45) is 0 Å². The highest BCUT2D eigenvalue weighted by atomic mass is 19.4. The van der Waals surface area contributed by atoms with Crippen molar-refractivity contribution in [1.29, 1.82) is 0 Å². The van der Waals surface area contributed by atoms with Crippen LogP contribution < -0.4 is 14.9 Å². The van der Waals surface area contributed by atoms with E-state index < -0.39 is 34.9 Å². The summed E-state index contributed by atoms with van der Waals surface area (Å²) in [6.07, 6.45) is -4.81. The fraction of sp³-hybridized carbons (Fsp3) is 0.0833. The summed E-state index contributed by atoms with van der Waals surface area (Å²) in [5, 5.41) is 1.38. The van der Waals surface area contributed by atoms with Crippen LogP contribution in [0.5, 0.6) is 17.2 Å². The van der Waals surface area contributed by atoms with Gasteiger partial charge in [0, 0.05) is 6.07 Å². The van der Waals surface area contributed by atoms with Gasteiger partial charge in [0.05, 0.1) is 5.39 Å². The molecule has 168 valence electrons. The van der Waals surface area contributed by atoms with Crippen LogP contribution in [0.4, 0.5) is 18.0 Å². The van der Waals surface area contributed by atoms with Crippen molar-refractivity contribution in [1.82, 2.24) is 0 Å². The molecule has 33 heavy (non-hydrogen) atoms. The molecule has 0 amide bonds. The molecule has 1 heterocycles. The highest BCUT2D eigenvalue weighted by Crippen LogP contribution is 2.39. The van der Waals surface area contributed by atoms with E-state index in [0.717, 1.165) is 16.8 Å². The standard InChI is InChI=1S/C24H15F3O6/c1-2-11-30-23(29)32-17-9-10-18-19(13-17)33-22(24(25,26)27)21(20(18)28)31-16-8-7-14-5-3-4-6-15(14)12-16/h2-10,12-13H,1,11H2. The van der Waals surface area contributed by atoms with Crippen molar-refractivity contribution in [2.75, 3.05) is 6.61 Å². The summed E-state index contributed by atoms with van der Waals surface area (Å²) in [5.74, 6) is -2.74. The van der Waals surface area contributed by atoms with Crippen LogP contribution in [-0.4, -0.2) is 12.8 Å². The highest BCUT2D eigenvalue weighted by molar-refractivity contribution is 5.84. The van der Waals surface area contributed by atoms with Gasteiger partial charge in [-0.15, -0.1) is 0 Å². The van der Waals surface area contributed by atoms with Crippen LogP contribution in [0.25, 0.3) is 21.7 Å². The number of carbonyl (C=O) groups excluding carboxylic acids is 1. The lowest BCUT2D eigenvalue weighted by Gasteiger charge is -2.14. The SMILES string of the molecule is C=CCOC(=O)Oc1ccc2c(=O)c(Oc3ccc4ccccc4c3)c(C(F)(F)F)oc2c1. The molecule has 0 spiro atoms. The molecule has 0 bridgehead atoms. The molecule has 4 aromatic rings. The molecule has 0 saturated heterocycles. The summed E-state index contributed by atoms with van der Waals surface area (Å²) in [6, 6.07) is 15.2. The van der Waals surface area contributed by atoms with E-state index in [1.54, 1.807) is 18.2 Å². The van der Waals surface area contributed by atoms with Gasteiger partial charge < -0.3 is 18.6 Å². The number of hydrogen-bond donors (Lipinski definition) is 0. The maximum atomic E-state index is 13.7. The predicted molar refractivity (Wildman–Crippen MR) is 114 cm³/mol. The third-order valence-corrected chi connectivity index (χ3v) is 4.54. The summed E-state index contributed by atoms with van der Waals surface area (Å²) in [7, 11) is 0. The molecule has 0 aliphatic carbocycles. The molecule has 0 fully saturated rings. The van der Waals surface area contributed by atoms with Crippen molar-refractivity contribution < 1.29 is 36.6 Å². The molecule has 0 saturated carbocycles. The number of carbonyl (C=O) groups is 1. The molecule has 0 aliphatic rings. The van der Waals surface area contributed by atoms with E-state index in [2.05, 4.69) is 11.3 Å². The number of hydrogen-bond acceptors (Lipinski definition) is 6. The first kappa shape index (κ1) is 21.9. The van der Waals surface area contributed by atoms with E-state index in [-0.39, 0.29) is 23.5 Å². The quantitative estimate of drug-likeness (QED) is 0.195. The molecule has 3 aromatic carbocycles. The molecular formula is C24H15F3O6. The normalized spacial score (nSPS) is 11.4. The largest absolute Gasteiger partial charge is 0.514 e. The molecule has 9 heteroatoms. The molecule has 0 unspecified atom stereocenters. The van der Waals surface area contributed by atoms with Crippen LogP contribution >= 0.6 is 0 Å². The molecule has 0 N–H and O–H groups in total. The minimum Gasteiger partial charge on any atom is -0.449 e. The lowest BCUT2D eigenvalue weighted by Crippen LogP contribution is -2.16. The van der Waals surface area contributed by atoms with E-state index in [1.165, 1.54) is 30.3 Å². The van der Waals surface area contributed by atoms with Crippen molar-refractivity contribution in [3.63, 3.8) is 0 Å². The Morgan fingerprint density at radius 3 is 2.45 bits per heavy atom. The van der Waals surface area contributed by atoms with Gasteiger partial charge in [0.2, 0.25) is 11.2 Å². The number of rotatable bonds is 5. The van der Waals surface area contributed by atoms with Gasteiger partial charge in [-0.1, -0.05) is 43.0 Å². The zero-order valence-electron chi connectivity index (χ0n) is 16.8. The van der Waals surface area contributed by atoms with Crippen molar-refractivity contribution in [3.8, 4) is 17.2 Å². The third-order valence-electron chi connectivity index (χ3n) is 4.54. The summed E-state index contributed by atoms with van der Waals surface area (Å²) >= 11 is 0. The zero-order valence-corrected chi connectivity index (χ0v) is 16.8. The second-order valence-corrected chi connectivity index (χ2v) is 6.81. The van der Waals surface area contributed by atoms with Gasteiger partial charge >= 0.3 is 12.3 Å². The predicted octanol–water partition coefficient (Wildman–Crippen LogP) is 6.46. The van der Waals surface area contributed by atoms with Gasteiger partial charge in [-0.25, -0.2) is 4.79 Å². The Hall–Kier alpha value is -4.27. The molecular weight excluding hydrogens is 441 g/mol. The number of benzene rings is 3. The van der Waals surface area contributed by atoms with Crippen LogP contribution in [0.1, 0.15) is 5.76 Å². The molecule has 0 atom stereocenters. The fourth-order valence-electron chi connectivity index (χ4n) is 3.10. The Labute approximate surface area is 184 Å². The molecule has 0 radical (unpaired) electrons. The molecule has 4 rings (SSSR count). The second-order valence-electron chi connectivity index (χ2n) is 6.81. The summed E-state index contributed by atoms with van der Waals surface area (Å²) in [5.41, 5.74) is -1.47. The minimum absolute atomic E-state index is 0.0377. The Bertz CT molecular complexity index is 1420. The Kier molecular flexibility index (Phi) is 5.78. The fourth-order valence-corrected chi connectivity index (χ4v) is 3.10. The summed E-state index contributed by atoms with van der Waals surface area (Å²) in [4.78, 5) is 24.5. The van der Waals surface area contributed by atoms with Crippen LogP contribution in [0.3, 0.4) is 0 Å². The van der Waals surface area contributed by atoms with Crippen molar-refractivity contribution in [2.45, 2.75) is 6.18 Å². The lowest BCUT2D eigenvalue weighted by molar-refractivity contribution is -0.154. The van der Waals surface area contributed by atoms with Crippen LogP contribution in [0.15, 0.2) is 82.5 Å². The first-order chi connectivity index (χ1) is 15.8. The van der Waals surface area contributed by atoms with Crippen molar-refractivity contribution >= 4 is 27.9 Å². The first-order valence-electron chi connectivity index (χ1n) is 9.56. The van der Waals surface area contributed by atoms with Gasteiger partial charge in [0.25, 0.3) is 5.76 Å². The summed E-state index contributed by atoms with van der Waals surface area (Å²) in [6.45, 7) is 3.26. The van der Waals surface area contributed by atoms with Crippen LogP contribution in [-0.2, 0) is 10.9 Å². The van der Waals surface area contributed by atoms with E-state index in [1.807, 2.05) is 12.1 Å². The van der Waals surface area contributed by atoms with E-state index in [4.69, 9.17) is 13.9 Å². The van der Waals surface area contributed by atoms with Crippen LogP contribution in [0.2, 0.25) is 0 Å². The Morgan fingerprint density at radius 2 is 1.73 bits per heavy atom. The van der Waals surface area contributed by atoms with E-state index in [0.29, 0.717) is 0 Å². The number of ether oxygens (including phenoxy) is 3. The Balaban J connectivity index is 1.77. The third kappa shape index (κ3) is 4.67. The van der Waals surface area contributed by atoms with Gasteiger partial charge in [-0.2, -0.15) is 13.2 Å². The number of alkyl halides is 3. The first-order valence-corrected chi connectivity index (χ1v) is 9.56. The topological polar surface area (TPSA) is 75.0 Å². The van der Waals surface area contributed by atoms with Gasteiger partial charge in [-0.05, 0) is 35.0 Å². The average Bonchev–Trinajstić information content (AvgIpc) is 2.78. The maximum Gasteiger partial charge on any atom is 0.514 e. The monoisotopic (exact) mass is 456 g/mol. The van der Waals surface area contributed by atoms with Crippen LogP contribution in [0, 0.1) is 0 Å². The number of fused-ring (bicyclic) bond motifs is 2. The lowest BCUT2D eigenvalue weighted by atomic mass is 10.1. The van der Waals surface area contributed by atoms with E-state index >= 15 is 0 Å². The summed E-state index contributed by atoms with van der Waals surface area (Å²) < 4.78 is 61.1. The van der Waals surface area contributed by atoms with Gasteiger partial charge in [0.15, 0.2) is 0 Å². The van der Waals surface area contributed by atoms with E-state index in [9.17, 15) is 22.8 Å². The Morgan fingerprint density at radius 1 is 1.00 bits per heavy atom. The minimum atomic E-state index is -5.03. The average molecular weight is 456 g/mol. The van der Waals surface area contributed by atoms with Crippen molar-refractivity contribution in [3.05, 3.63) is 89.3 Å². The zero-order chi connectivity index (χ0) is 23.6. The van der Waals surface area contributed by atoms with Gasteiger partial charge in [0.1, 0.15) is 23.7 Å². The number of halogens is 3. The molecule has 6 nitrogen and oxygen atoms in total. The van der Waals surface area contributed by atoms with Gasteiger partial charge in [-0.3, -0.25) is 4.79 Å². The highest BCUT2D eigenvalue weighted by Gasteiger charge is 2.40. The maximum absolute atomic E-state index is 13.7. The second kappa shape index (κ2) is 8.70. The molecule has 1 aromatic heterocycles. The molecule has 0 aliphatic heterocycles. The smallest absolute Gasteiger partial charge is 0.449 e.